The molecule has 0 aliphatic carbocycles. The minimum absolute atomic E-state index is 0.126. The van der Waals surface area contributed by atoms with Gasteiger partial charge in [0.05, 0.1) is 0 Å². The quantitative estimate of drug-likeness (QED) is 0.895. The molecule has 1 aromatic carbocycles. The summed E-state index contributed by atoms with van der Waals surface area (Å²) in [5.41, 5.74) is 3.69. The maximum atomic E-state index is 11.5. The van der Waals surface area contributed by atoms with E-state index in [0.717, 1.165) is 21.3 Å². The molecule has 2 aromatic rings. The van der Waals surface area contributed by atoms with Gasteiger partial charge >= 0.3 is 0 Å². The van der Waals surface area contributed by atoms with E-state index < -0.39 is 0 Å². The zero-order valence-corrected chi connectivity index (χ0v) is 12.1. The van der Waals surface area contributed by atoms with Crippen LogP contribution in [0.4, 0.5) is 11.6 Å². The van der Waals surface area contributed by atoms with Gasteiger partial charge in [-0.3, -0.25) is 9.78 Å². The molecule has 18 heavy (non-hydrogen) atoms. The Labute approximate surface area is 114 Å². The predicted molar refractivity (Wildman–Crippen MR) is 76.5 cm³/mol. The lowest BCUT2D eigenvalue weighted by atomic mass is 10.1. The summed E-state index contributed by atoms with van der Waals surface area (Å²) in [7, 11) is 0. The van der Waals surface area contributed by atoms with E-state index in [2.05, 4.69) is 31.2 Å². The second-order valence-corrected chi connectivity index (χ2v) is 5.07. The minimum atomic E-state index is -0.126. The largest absolute Gasteiger partial charge is 0.325 e. The van der Waals surface area contributed by atoms with Crippen LogP contribution >= 0.6 is 15.9 Å². The van der Waals surface area contributed by atoms with Crippen molar-refractivity contribution >= 4 is 27.6 Å². The van der Waals surface area contributed by atoms with Gasteiger partial charge in [-0.2, -0.15) is 0 Å². The smallest absolute Gasteiger partial charge is 0.255 e. The molecule has 1 aromatic heterocycles. The molecular formula is C13H14BrN3O. The van der Waals surface area contributed by atoms with E-state index >= 15 is 0 Å². The molecule has 0 unspecified atom stereocenters. The van der Waals surface area contributed by atoms with E-state index in [-0.39, 0.29) is 5.56 Å². The van der Waals surface area contributed by atoms with Gasteiger partial charge in [-0.05, 0) is 44.0 Å². The zero-order valence-electron chi connectivity index (χ0n) is 10.5. The number of aromatic amines is 1. The van der Waals surface area contributed by atoms with Crippen LogP contribution in [0.1, 0.15) is 16.7 Å². The van der Waals surface area contributed by atoms with Crippen molar-refractivity contribution in [2.45, 2.75) is 20.8 Å². The Morgan fingerprint density at radius 2 is 1.94 bits per heavy atom. The van der Waals surface area contributed by atoms with Crippen molar-refractivity contribution < 1.29 is 0 Å². The Hall–Kier alpha value is -1.62. The molecule has 0 saturated carbocycles. The zero-order chi connectivity index (χ0) is 13.3. The van der Waals surface area contributed by atoms with E-state index in [0.29, 0.717) is 11.5 Å². The molecule has 0 radical (unpaired) electrons. The monoisotopic (exact) mass is 307 g/mol. The van der Waals surface area contributed by atoms with Crippen molar-refractivity contribution in [2.24, 2.45) is 0 Å². The van der Waals surface area contributed by atoms with Crippen LogP contribution < -0.4 is 10.9 Å². The molecule has 0 aliphatic rings. The second-order valence-electron chi connectivity index (χ2n) is 4.21. The van der Waals surface area contributed by atoms with Crippen LogP contribution in [-0.4, -0.2) is 9.97 Å². The fourth-order valence-corrected chi connectivity index (χ4v) is 2.00. The maximum absolute atomic E-state index is 11.5. The van der Waals surface area contributed by atoms with Crippen molar-refractivity contribution in [3.8, 4) is 0 Å². The second kappa shape index (κ2) is 4.94. The molecule has 0 fully saturated rings. The third-order valence-electron chi connectivity index (χ3n) is 2.95. The number of nitrogens with zero attached hydrogens (tertiary/aromatic N) is 1. The normalized spacial score (nSPS) is 10.4. The Morgan fingerprint density at radius 3 is 2.61 bits per heavy atom. The Balaban J connectivity index is 2.37. The molecule has 0 bridgehead atoms. The van der Waals surface area contributed by atoms with E-state index in [1.54, 1.807) is 13.1 Å². The number of hydrogen-bond acceptors (Lipinski definition) is 3. The van der Waals surface area contributed by atoms with Crippen molar-refractivity contribution in [3.05, 3.63) is 49.8 Å². The van der Waals surface area contributed by atoms with Crippen LogP contribution in [0.2, 0.25) is 0 Å². The number of hydrogen-bond donors (Lipinski definition) is 2. The molecule has 5 heteroatoms. The highest BCUT2D eigenvalue weighted by molar-refractivity contribution is 9.10. The summed E-state index contributed by atoms with van der Waals surface area (Å²) in [6, 6.07) is 3.92. The molecule has 2 N–H and O–H groups in total. The molecule has 0 atom stereocenters. The Morgan fingerprint density at radius 1 is 1.22 bits per heavy atom. The number of nitrogens with one attached hydrogen (secondary N) is 2. The van der Waals surface area contributed by atoms with E-state index in [9.17, 15) is 4.79 Å². The molecule has 94 valence electrons. The summed E-state index contributed by atoms with van der Waals surface area (Å²) < 4.78 is 1.07. The summed E-state index contributed by atoms with van der Waals surface area (Å²) in [5, 5.41) is 3.12. The van der Waals surface area contributed by atoms with Gasteiger partial charge in [-0.25, -0.2) is 4.98 Å². The SMILES string of the molecule is Cc1c(Br)ccc(Nc2ncc(C)c(=O)[nH]2)c1C. The van der Waals surface area contributed by atoms with E-state index in [1.165, 1.54) is 0 Å². The summed E-state index contributed by atoms with van der Waals surface area (Å²) in [4.78, 5) is 18.3. The average molecular weight is 308 g/mol. The van der Waals surface area contributed by atoms with Crippen LogP contribution in [0.25, 0.3) is 0 Å². The number of aryl methyl sites for hydroxylation is 1. The van der Waals surface area contributed by atoms with Crippen LogP contribution in [0.3, 0.4) is 0 Å². The molecule has 0 spiro atoms. The Bertz CT molecular complexity index is 649. The van der Waals surface area contributed by atoms with Gasteiger partial charge in [0.2, 0.25) is 5.95 Å². The van der Waals surface area contributed by atoms with Crippen molar-refractivity contribution in [3.63, 3.8) is 0 Å². The average Bonchev–Trinajstić information content (AvgIpc) is 2.34. The number of rotatable bonds is 2. The fourth-order valence-electron chi connectivity index (χ4n) is 1.57. The molecule has 1 heterocycles. The highest BCUT2D eigenvalue weighted by atomic mass is 79.9. The van der Waals surface area contributed by atoms with Gasteiger partial charge in [0.1, 0.15) is 0 Å². The summed E-state index contributed by atoms with van der Waals surface area (Å²) in [6.07, 6.45) is 1.56. The molecule has 2 rings (SSSR count). The molecule has 4 nitrogen and oxygen atoms in total. The van der Waals surface area contributed by atoms with E-state index in [4.69, 9.17) is 0 Å². The lowest BCUT2D eigenvalue weighted by Crippen LogP contribution is -2.13. The Kier molecular flexibility index (Phi) is 3.52. The van der Waals surface area contributed by atoms with Gasteiger partial charge in [0.15, 0.2) is 0 Å². The minimum Gasteiger partial charge on any atom is -0.325 e. The van der Waals surface area contributed by atoms with Gasteiger partial charge < -0.3 is 5.32 Å². The first kappa shape index (κ1) is 12.8. The standard InChI is InChI=1S/C13H14BrN3O/c1-7-6-15-13(17-12(7)18)16-11-5-4-10(14)8(2)9(11)3/h4-6H,1-3H3,(H2,15,16,17,18). The number of H-pyrrole nitrogens is 1. The van der Waals surface area contributed by atoms with Crippen LogP contribution in [0, 0.1) is 20.8 Å². The molecule has 0 amide bonds. The summed E-state index contributed by atoms with van der Waals surface area (Å²) in [6.45, 7) is 5.79. The van der Waals surface area contributed by atoms with Gasteiger partial charge in [0.25, 0.3) is 5.56 Å². The number of halogens is 1. The van der Waals surface area contributed by atoms with Crippen molar-refractivity contribution in [2.75, 3.05) is 5.32 Å². The van der Waals surface area contributed by atoms with Crippen molar-refractivity contribution in [1.29, 1.82) is 0 Å². The van der Waals surface area contributed by atoms with Crippen LogP contribution in [-0.2, 0) is 0 Å². The summed E-state index contributed by atoms with van der Waals surface area (Å²) in [5.74, 6) is 0.454. The van der Waals surface area contributed by atoms with Gasteiger partial charge in [0, 0.05) is 21.9 Å². The molecular weight excluding hydrogens is 294 g/mol. The number of benzene rings is 1. The number of aromatic nitrogens is 2. The topological polar surface area (TPSA) is 57.8 Å². The van der Waals surface area contributed by atoms with Crippen LogP contribution in [0.15, 0.2) is 27.6 Å². The molecule has 0 aliphatic heterocycles. The highest BCUT2D eigenvalue weighted by Crippen LogP contribution is 2.26. The summed E-state index contributed by atoms with van der Waals surface area (Å²) >= 11 is 3.49. The highest BCUT2D eigenvalue weighted by Gasteiger charge is 2.06. The van der Waals surface area contributed by atoms with Gasteiger partial charge in [-0.15, -0.1) is 0 Å². The number of anilines is 2. The van der Waals surface area contributed by atoms with Crippen molar-refractivity contribution in [1.82, 2.24) is 9.97 Å². The predicted octanol–water partition coefficient (Wildman–Crippen LogP) is 3.20. The maximum Gasteiger partial charge on any atom is 0.255 e. The van der Waals surface area contributed by atoms with E-state index in [1.807, 2.05) is 26.0 Å². The lowest BCUT2D eigenvalue weighted by molar-refractivity contribution is 1.08. The van der Waals surface area contributed by atoms with Crippen LogP contribution in [0.5, 0.6) is 0 Å². The van der Waals surface area contributed by atoms with Gasteiger partial charge in [-0.1, -0.05) is 15.9 Å². The lowest BCUT2D eigenvalue weighted by Gasteiger charge is -2.11. The molecule has 0 saturated heterocycles. The first-order valence-corrected chi connectivity index (χ1v) is 6.37. The third-order valence-corrected chi connectivity index (χ3v) is 3.81. The first-order chi connectivity index (χ1) is 8.49. The third kappa shape index (κ3) is 2.46. The fraction of sp³-hybridized carbons (Fsp3) is 0.231. The first-order valence-electron chi connectivity index (χ1n) is 5.57.